The zero-order chi connectivity index (χ0) is 26.3. The van der Waals surface area contributed by atoms with Crippen LogP contribution in [0.3, 0.4) is 0 Å². The van der Waals surface area contributed by atoms with Crippen molar-refractivity contribution >= 4 is 29.3 Å². The predicted octanol–water partition coefficient (Wildman–Crippen LogP) is 5.34. The average Bonchev–Trinajstić information content (AvgIpc) is 3.57. The number of amides is 2. The average molecular weight is 512 g/mol. The van der Waals surface area contributed by atoms with Crippen LogP contribution in [0.4, 0.5) is 25.5 Å². The fourth-order valence-corrected chi connectivity index (χ4v) is 4.48. The number of likely N-dealkylation sites (tertiary alicyclic amines) is 1. The van der Waals surface area contributed by atoms with Crippen LogP contribution in [0.2, 0.25) is 0 Å². The van der Waals surface area contributed by atoms with Crippen molar-refractivity contribution in [1.29, 1.82) is 0 Å². The molecule has 37 heavy (non-hydrogen) atoms. The van der Waals surface area contributed by atoms with Gasteiger partial charge in [-0.05, 0) is 70.6 Å². The molecule has 1 aromatic carbocycles. The van der Waals surface area contributed by atoms with Crippen LogP contribution < -0.4 is 9.64 Å². The molecule has 11 heteroatoms. The van der Waals surface area contributed by atoms with Gasteiger partial charge in [-0.2, -0.15) is 14.6 Å². The van der Waals surface area contributed by atoms with E-state index < -0.39 is 29.7 Å². The van der Waals surface area contributed by atoms with Crippen molar-refractivity contribution in [3.8, 4) is 5.88 Å². The zero-order valence-electron chi connectivity index (χ0n) is 21.1. The lowest BCUT2D eigenvalue weighted by Crippen LogP contribution is -2.43. The van der Waals surface area contributed by atoms with Gasteiger partial charge in [0.2, 0.25) is 5.88 Å². The largest absolute Gasteiger partial charge is 0.472 e. The molecule has 1 saturated carbocycles. The van der Waals surface area contributed by atoms with E-state index in [-0.39, 0.29) is 23.9 Å². The van der Waals surface area contributed by atoms with E-state index in [9.17, 15) is 19.1 Å². The third-order valence-corrected chi connectivity index (χ3v) is 6.28. The molecule has 0 bridgehead atoms. The topological polar surface area (TPSA) is 110 Å². The van der Waals surface area contributed by atoms with Crippen molar-refractivity contribution in [1.82, 2.24) is 19.5 Å². The molecule has 2 amide bonds. The number of ether oxygens (including phenoxy) is 2. The van der Waals surface area contributed by atoms with Gasteiger partial charge in [0.05, 0.1) is 18.4 Å². The second-order valence-corrected chi connectivity index (χ2v) is 10.5. The van der Waals surface area contributed by atoms with E-state index in [1.807, 2.05) is 0 Å². The number of anilines is 2. The molecule has 196 valence electrons. The maximum atomic E-state index is 14.3. The van der Waals surface area contributed by atoms with Crippen molar-refractivity contribution in [2.45, 2.75) is 64.1 Å². The highest BCUT2D eigenvalue weighted by molar-refractivity contribution is 5.95. The van der Waals surface area contributed by atoms with Gasteiger partial charge in [-0.1, -0.05) is 6.07 Å². The molecule has 1 saturated heterocycles. The SMILES string of the molecule is CC(C)(C)OC(=O)N(c1cccc(F)c1)c1cc(OC2CCCN(C(=O)O)C2)nc2c(C3CC3)cnn12. The summed E-state index contributed by atoms with van der Waals surface area (Å²) in [6.07, 6.45) is 2.99. The Bertz CT molecular complexity index is 1330. The van der Waals surface area contributed by atoms with Gasteiger partial charge in [0.1, 0.15) is 17.5 Å². The number of aromatic nitrogens is 3. The van der Waals surface area contributed by atoms with Gasteiger partial charge in [-0.25, -0.2) is 18.9 Å². The van der Waals surface area contributed by atoms with Crippen molar-refractivity contribution in [2.75, 3.05) is 18.0 Å². The number of rotatable bonds is 5. The standard InChI is InChI=1S/C26H30FN5O5/c1-26(2,3)37-25(35)31(18-7-4-6-17(27)12-18)22-13-21(36-19-8-5-11-30(15-19)24(33)34)29-23-20(16-9-10-16)14-28-32(22)23/h4,6-7,12-14,16,19H,5,8-11,15H2,1-3H3,(H,33,34). The van der Waals surface area contributed by atoms with E-state index in [0.717, 1.165) is 18.4 Å². The Morgan fingerprint density at radius 2 is 1.97 bits per heavy atom. The molecule has 1 unspecified atom stereocenters. The molecule has 2 aliphatic rings. The summed E-state index contributed by atoms with van der Waals surface area (Å²) in [7, 11) is 0. The van der Waals surface area contributed by atoms with Gasteiger partial charge in [-0.15, -0.1) is 0 Å². The molecule has 10 nitrogen and oxygen atoms in total. The maximum absolute atomic E-state index is 14.3. The van der Waals surface area contributed by atoms with Crippen LogP contribution in [-0.4, -0.2) is 61.6 Å². The third kappa shape index (κ3) is 5.45. The Hall–Kier alpha value is -3.89. The predicted molar refractivity (Wildman–Crippen MR) is 133 cm³/mol. The molecule has 2 fully saturated rings. The van der Waals surface area contributed by atoms with E-state index in [1.165, 1.54) is 28.0 Å². The van der Waals surface area contributed by atoms with Gasteiger partial charge < -0.3 is 19.5 Å². The molecule has 0 spiro atoms. The lowest BCUT2D eigenvalue weighted by Gasteiger charge is -2.31. The molecular formula is C26H30FN5O5. The fraction of sp³-hybridized carbons (Fsp3) is 0.462. The first kappa shape index (κ1) is 24.8. The van der Waals surface area contributed by atoms with E-state index in [0.29, 0.717) is 31.0 Å². The van der Waals surface area contributed by atoms with Crippen molar-refractivity contribution in [2.24, 2.45) is 0 Å². The van der Waals surface area contributed by atoms with Crippen LogP contribution >= 0.6 is 0 Å². The first-order chi connectivity index (χ1) is 17.6. The molecule has 1 N–H and O–H groups in total. The van der Waals surface area contributed by atoms with Gasteiger partial charge in [0, 0.05) is 18.2 Å². The van der Waals surface area contributed by atoms with Crippen molar-refractivity contribution in [3.63, 3.8) is 0 Å². The first-order valence-corrected chi connectivity index (χ1v) is 12.4. The van der Waals surface area contributed by atoms with E-state index in [4.69, 9.17) is 14.5 Å². The van der Waals surface area contributed by atoms with Crippen LogP contribution in [0.15, 0.2) is 36.5 Å². The van der Waals surface area contributed by atoms with Crippen LogP contribution in [0.25, 0.3) is 5.65 Å². The summed E-state index contributed by atoms with van der Waals surface area (Å²) < 4.78 is 27.7. The summed E-state index contributed by atoms with van der Waals surface area (Å²) in [5.74, 6) is 0.308. The number of carbonyl (C=O) groups is 2. The second-order valence-electron chi connectivity index (χ2n) is 10.5. The van der Waals surface area contributed by atoms with E-state index in [1.54, 1.807) is 43.6 Å². The summed E-state index contributed by atoms with van der Waals surface area (Å²) in [6, 6.07) is 7.22. The Morgan fingerprint density at radius 3 is 2.65 bits per heavy atom. The molecule has 0 radical (unpaired) electrons. The quantitative estimate of drug-likeness (QED) is 0.492. The minimum atomic E-state index is -0.994. The molecule has 1 aliphatic carbocycles. The second kappa shape index (κ2) is 9.53. The number of piperidine rings is 1. The highest BCUT2D eigenvalue weighted by Crippen LogP contribution is 2.43. The molecule has 5 rings (SSSR count). The number of carboxylic acid groups (broad SMARTS) is 1. The monoisotopic (exact) mass is 511 g/mol. The van der Waals surface area contributed by atoms with E-state index in [2.05, 4.69) is 5.10 Å². The lowest BCUT2D eigenvalue weighted by atomic mass is 10.1. The number of carbonyl (C=O) groups excluding carboxylic acids is 1. The number of benzene rings is 1. The number of fused-ring (bicyclic) bond motifs is 1. The lowest BCUT2D eigenvalue weighted by molar-refractivity contribution is 0.0596. The van der Waals surface area contributed by atoms with Gasteiger partial charge >= 0.3 is 12.2 Å². The van der Waals surface area contributed by atoms with E-state index >= 15 is 0 Å². The fourth-order valence-electron chi connectivity index (χ4n) is 4.48. The Balaban J connectivity index is 1.61. The van der Waals surface area contributed by atoms with Gasteiger partial charge in [0.25, 0.3) is 0 Å². The van der Waals surface area contributed by atoms with Crippen molar-refractivity contribution in [3.05, 3.63) is 47.9 Å². The maximum Gasteiger partial charge on any atom is 0.420 e. The molecule has 1 atom stereocenters. The number of nitrogens with zero attached hydrogens (tertiary/aromatic N) is 5. The van der Waals surface area contributed by atoms with Crippen LogP contribution in [0, 0.1) is 5.82 Å². The highest BCUT2D eigenvalue weighted by atomic mass is 19.1. The van der Waals surface area contributed by atoms with Gasteiger partial charge in [-0.3, -0.25) is 0 Å². The Labute approximate surface area is 213 Å². The number of hydrogen-bond acceptors (Lipinski definition) is 6. The molecular weight excluding hydrogens is 481 g/mol. The summed E-state index contributed by atoms with van der Waals surface area (Å²) in [4.78, 5) is 32.3. The van der Waals surface area contributed by atoms with Crippen LogP contribution in [0.5, 0.6) is 5.88 Å². The normalized spacial score (nSPS) is 18.1. The summed E-state index contributed by atoms with van der Waals surface area (Å²) in [5, 5.41) is 13.9. The van der Waals surface area contributed by atoms with Crippen LogP contribution in [0.1, 0.15) is 57.9 Å². The molecule has 1 aliphatic heterocycles. The molecule has 2 aromatic heterocycles. The first-order valence-electron chi connectivity index (χ1n) is 12.4. The zero-order valence-corrected chi connectivity index (χ0v) is 21.1. The molecule has 3 aromatic rings. The summed E-state index contributed by atoms with van der Waals surface area (Å²) in [5.41, 5.74) is 0.919. The Kier molecular flexibility index (Phi) is 6.38. The highest BCUT2D eigenvalue weighted by Gasteiger charge is 2.33. The van der Waals surface area contributed by atoms with Crippen molar-refractivity contribution < 1.29 is 28.6 Å². The summed E-state index contributed by atoms with van der Waals surface area (Å²) >= 11 is 0. The third-order valence-electron chi connectivity index (χ3n) is 6.28. The number of halogens is 1. The summed E-state index contributed by atoms with van der Waals surface area (Å²) in [6.45, 7) is 5.92. The smallest absolute Gasteiger partial charge is 0.420 e. The minimum Gasteiger partial charge on any atom is -0.472 e. The van der Waals surface area contributed by atoms with Crippen LogP contribution in [-0.2, 0) is 4.74 Å². The van der Waals surface area contributed by atoms with Gasteiger partial charge in [0.15, 0.2) is 11.5 Å². The molecule has 3 heterocycles. The Morgan fingerprint density at radius 1 is 1.19 bits per heavy atom. The number of hydrogen-bond donors (Lipinski definition) is 1. The minimum absolute atomic E-state index is 0.214.